The number of aliphatic hydroxyl groups is 1. The van der Waals surface area contributed by atoms with E-state index in [1.165, 1.54) is 33.3 Å². The van der Waals surface area contributed by atoms with Gasteiger partial charge in [0.2, 0.25) is 0 Å². The first-order valence-electron chi connectivity index (χ1n) is 5.45. The first-order chi connectivity index (χ1) is 7.06. The van der Waals surface area contributed by atoms with Crippen LogP contribution in [0.5, 0.6) is 0 Å². The molecule has 0 aromatic heterocycles. The van der Waals surface area contributed by atoms with E-state index in [1.54, 1.807) is 0 Å². The second-order valence-corrected chi connectivity index (χ2v) is 4.40. The van der Waals surface area contributed by atoms with Crippen LogP contribution in [0.2, 0.25) is 0 Å². The van der Waals surface area contributed by atoms with Gasteiger partial charge in [-0.05, 0) is 19.3 Å². The standard InChI is InChI=1S/C11H20O4/c1-11(13,10(12)14-2)8-15-7-6-9-4-3-5-9/h9,13H,3-8H2,1-2H3. The molecule has 1 saturated carbocycles. The van der Waals surface area contributed by atoms with Crippen molar-refractivity contribution in [1.29, 1.82) is 0 Å². The number of ether oxygens (including phenoxy) is 2. The zero-order valence-corrected chi connectivity index (χ0v) is 9.49. The summed E-state index contributed by atoms with van der Waals surface area (Å²) < 4.78 is 9.73. The second kappa shape index (κ2) is 5.47. The Morgan fingerprint density at radius 1 is 1.53 bits per heavy atom. The van der Waals surface area contributed by atoms with Gasteiger partial charge in [-0.1, -0.05) is 19.3 Å². The lowest BCUT2D eigenvalue weighted by Crippen LogP contribution is -2.41. The lowest BCUT2D eigenvalue weighted by Gasteiger charge is -2.26. The normalized spacial score (nSPS) is 20.5. The average molecular weight is 216 g/mol. The number of esters is 1. The van der Waals surface area contributed by atoms with Crippen LogP contribution in [-0.2, 0) is 14.3 Å². The number of carbonyl (C=O) groups excluding carboxylic acids is 1. The molecule has 0 spiro atoms. The first-order valence-corrected chi connectivity index (χ1v) is 5.45. The lowest BCUT2D eigenvalue weighted by atomic mass is 9.83. The molecule has 1 aliphatic carbocycles. The van der Waals surface area contributed by atoms with Gasteiger partial charge in [-0.15, -0.1) is 0 Å². The van der Waals surface area contributed by atoms with Crippen molar-refractivity contribution >= 4 is 5.97 Å². The average Bonchev–Trinajstić information content (AvgIpc) is 2.13. The Kier molecular flexibility index (Phi) is 4.54. The Bertz CT molecular complexity index is 209. The van der Waals surface area contributed by atoms with Crippen LogP contribution in [0, 0.1) is 5.92 Å². The molecule has 1 N–H and O–H groups in total. The summed E-state index contributed by atoms with van der Waals surface area (Å²) >= 11 is 0. The Hall–Kier alpha value is -0.610. The maximum atomic E-state index is 11.1. The molecule has 0 radical (unpaired) electrons. The fourth-order valence-corrected chi connectivity index (χ4v) is 1.58. The summed E-state index contributed by atoms with van der Waals surface area (Å²) in [6.07, 6.45) is 4.93. The monoisotopic (exact) mass is 216 g/mol. The van der Waals surface area contributed by atoms with Gasteiger partial charge in [0.25, 0.3) is 0 Å². The van der Waals surface area contributed by atoms with Gasteiger partial charge in [-0.3, -0.25) is 0 Å². The minimum absolute atomic E-state index is 0.00634. The molecule has 0 bridgehead atoms. The smallest absolute Gasteiger partial charge is 0.339 e. The molecule has 0 amide bonds. The second-order valence-electron chi connectivity index (χ2n) is 4.40. The molecule has 1 atom stereocenters. The molecule has 1 aliphatic rings. The molecule has 4 nitrogen and oxygen atoms in total. The largest absolute Gasteiger partial charge is 0.467 e. The quantitative estimate of drug-likeness (QED) is 0.534. The number of rotatable bonds is 6. The van der Waals surface area contributed by atoms with Crippen molar-refractivity contribution in [1.82, 2.24) is 0 Å². The summed E-state index contributed by atoms with van der Waals surface area (Å²) in [7, 11) is 1.26. The van der Waals surface area contributed by atoms with Gasteiger partial charge in [0.05, 0.1) is 13.7 Å². The summed E-state index contributed by atoms with van der Waals surface area (Å²) in [5.41, 5.74) is -1.52. The van der Waals surface area contributed by atoms with E-state index in [4.69, 9.17) is 4.74 Å². The summed E-state index contributed by atoms with van der Waals surface area (Å²) in [5.74, 6) is 0.138. The van der Waals surface area contributed by atoms with Crippen LogP contribution in [0.4, 0.5) is 0 Å². The van der Waals surface area contributed by atoms with Crippen molar-refractivity contribution in [3.05, 3.63) is 0 Å². The SMILES string of the molecule is COC(=O)C(C)(O)COCCC1CCC1. The summed E-state index contributed by atoms with van der Waals surface area (Å²) in [5, 5.41) is 9.62. The van der Waals surface area contributed by atoms with Gasteiger partial charge in [0.15, 0.2) is 5.60 Å². The molecular weight excluding hydrogens is 196 g/mol. The molecule has 0 saturated heterocycles. The van der Waals surface area contributed by atoms with E-state index in [9.17, 15) is 9.90 Å². The van der Waals surface area contributed by atoms with Crippen LogP contribution in [0.15, 0.2) is 0 Å². The number of hydrogen-bond acceptors (Lipinski definition) is 4. The molecular formula is C11H20O4. The van der Waals surface area contributed by atoms with E-state index < -0.39 is 11.6 Å². The van der Waals surface area contributed by atoms with Crippen LogP contribution in [-0.4, -0.2) is 37.0 Å². The molecule has 88 valence electrons. The van der Waals surface area contributed by atoms with Crippen LogP contribution in [0.1, 0.15) is 32.6 Å². The molecule has 4 heteroatoms. The zero-order valence-electron chi connectivity index (χ0n) is 9.49. The lowest BCUT2D eigenvalue weighted by molar-refractivity contribution is -0.166. The van der Waals surface area contributed by atoms with Gasteiger partial charge < -0.3 is 14.6 Å². The minimum atomic E-state index is -1.52. The zero-order chi connectivity index (χ0) is 11.3. The highest BCUT2D eigenvalue weighted by Gasteiger charge is 2.31. The van der Waals surface area contributed by atoms with Gasteiger partial charge in [-0.2, -0.15) is 0 Å². The molecule has 0 aromatic carbocycles. The summed E-state index contributed by atoms with van der Waals surface area (Å²) in [6, 6.07) is 0. The van der Waals surface area contributed by atoms with Crippen LogP contribution >= 0.6 is 0 Å². The van der Waals surface area contributed by atoms with Crippen molar-refractivity contribution in [2.45, 2.75) is 38.2 Å². The maximum Gasteiger partial charge on any atom is 0.339 e. The van der Waals surface area contributed by atoms with Crippen LogP contribution < -0.4 is 0 Å². The predicted octanol–water partition coefficient (Wildman–Crippen LogP) is 1.12. The predicted molar refractivity (Wildman–Crippen MR) is 55.4 cm³/mol. The van der Waals surface area contributed by atoms with E-state index in [1.807, 2.05) is 0 Å². The fourth-order valence-electron chi connectivity index (χ4n) is 1.58. The Balaban J connectivity index is 2.09. The number of carbonyl (C=O) groups is 1. The Morgan fingerprint density at radius 2 is 2.20 bits per heavy atom. The van der Waals surface area contributed by atoms with Gasteiger partial charge in [-0.25, -0.2) is 4.79 Å². The summed E-state index contributed by atoms with van der Waals surface area (Å²) in [4.78, 5) is 11.1. The minimum Gasteiger partial charge on any atom is -0.467 e. The van der Waals surface area contributed by atoms with E-state index in [0.717, 1.165) is 12.3 Å². The van der Waals surface area contributed by atoms with E-state index in [2.05, 4.69) is 4.74 Å². The number of methoxy groups -OCH3 is 1. The van der Waals surface area contributed by atoms with Gasteiger partial charge in [0.1, 0.15) is 0 Å². The molecule has 15 heavy (non-hydrogen) atoms. The van der Waals surface area contributed by atoms with Crippen LogP contribution in [0.3, 0.4) is 0 Å². The molecule has 1 rings (SSSR count). The van der Waals surface area contributed by atoms with Crippen molar-refractivity contribution in [2.24, 2.45) is 5.92 Å². The topological polar surface area (TPSA) is 55.8 Å². The van der Waals surface area contributed by atoms with E-state index in [0.29, 0.717) is 6.61 Å². The van der Waals surface area contributed by atoms with Crippen LogP contribution in [0.25, 0.3) is 0 Å². The van der Waals surface area contributed by atoms with E-state index in [-0.39, 0.29) is 6.61 Å². The Labute approximate surface area is 90.6 Å². The van der Waals surface area contributed by atoms with Crippen molar-refractivity contribution in [3.63, 3.8) is 0 Å². The van der Waals surface area contributed by atoms with Crippen molar-refractivity contribution < 1.29 is 19.4 Å². The van der Waals surface area contributed by atoms with Gasteiger partial charge in [0, 0.05) is 6.61 Å². The Morgan fingerprint density at radius 3 is 2.67 bits per heavy atom. The highest BCUT2D eigenvalue weighted by atomic mass is 16.6. The molecule has 0 aromatic rings. The summed E-state index contributed by atoms with van der Waals surface area (Å²) in [6.45, 7) is 2.02. The third kappa shape index (κ3) is 3.80. The highest BCUT2D eigenvalue weighted by molar-refractivity contribution is 5.78. The highest BCUT2D eigenvalue weighted by Crippen LogP contribution is 2.29. The third-order valence-electron chi connectivity index (χ3n) is 2.90. The van der Waals surface area contributed by atoms with Crippen molar-refractivity contribution in [3.8, 4) is 0 Å². The molecule has 0 heterocycles. The molecule has 1 unspecified atom stereocenters. The van der Waals surface area contributed by atoms with Crippen molar-refractivity contribution in [2.75, 3.05) is 20.3 Å². The molecule has 0 aliphatic heterocycles. The van der Waals surface area contributed by atoms with E-state index >= 15 is 0 Å². The fraction of sp³-hybridized carbons (Fsp3) is 0.909. The van der Waals surface area contributed by atoms with Gasteiger partial charge >= 0.3 is 5.97 Å². The maximum absolute atomic E-state index is 11.1. The third-order valence-corrected chi connectivity index (χ3v) is 2.90. The molecule has 1 fully saturated rings. The number of hydrogen-bond donors (Lipinski definition) is 1. The first kappa shape index (κ1) is 12.5.